The Morgan fingerprint density at radius 3 is 3.08 bits per heavy atom. The molecule has 7 heteroatoms. The van der Waals surface area contributed by atoms with Gasteiger partial charge in [0.15, 0.2) is 5.65 Å². The normalized spacial score (nSPS) is 17.9. The molecule has 1 unspecified atom stereocenters. The number of rotatable bonds is 4. The van der Waals surface area contributed by atoms with Gasteiger partial charge in [0.1, 0.15) is 13.7 Å². The van der Waals surface area contributed by atoms with E-state index in [9.17, 15) is 0 Å². The van der Waals surface area contributed by atoms with Crippen molar-refractivity contribution in [3.8, 4) is 0 Å². The molecule has 0 bridgehead atoms. The van der Waals surface area contributed by atoms with Crippen LogP contribution < -0.4 is 16.1 Å². The van der Waals surface area contributed by atoms with E-state index in [1.54, 1.807) is 16.9 Å². The van der Waals surface area contributed by atoms with Crippen molar-refractivity contribution in [2.75, 3.05) is 11.9 Å². The fourth-order valence-electron chi connectivity index (χ4n) is 3.10. The van der Waals surface area contributed by atoms with Gasteiger partial charge in [0, 0.05) is 37.2 Å². The lowest BCUT2D eigenvalue weighted by Gasteiger charge is -2.23. The van der Waals surface area contributed by atoms with Crippen molar-refractivity contribution in [3.63, 3.8) is 0 Å². The fraction of sp³-hybridized carbons (Fsp3) is 0.353. The highest BCUT2D eigenvalue weighted by molar-refractivity contribution is 6.36. The zero-order chi connectivity index (χ0) is 16.4. The molecular weight excluding hydrogens is 299 g/mol. The molecule has 0 aliphatic carbocycles. The van der Waals surface area contributed by atoms with E-state index >= 15 is 0 Å². The fourth-order valence-corrected chi connectivity index (χ4v) is 3.10. The lowest BCUT2D eigenvalue weighted by molar-refractivity contribution is 0.405. The lowest BCUT2D eigenvalue weighted by atomic mass is 9.99. The molecule has 3 aromatic rings. The molecule has 0 amide bonds. The van der Waals surface area contributed by atoms with E-state index in [4.69, 9.17) is 12.8 Å². The number of nitrogens with one attached hydrogen (secondary N) is 2. The first-order valence-corrected chi connectivity index (χ1v) is 8.31. The summed E-state index contributed by atoms with van der Waals surface area (Å²) in [6, 6.07) is 6.32. The zero-order valence-corrected chi connectivity index (χ0v) is 13.4. The van der Waals surface area contributed by atoms with Crippen molar-refractivity contribution >= 4 is 24.8 Å². The second kappa shape index (κ2) is 6.61. The molecule has 3 aromatic heterocycles. The minimum atomic E-state index is 0.275. The molecule has 1 fully saturated rings. The first-order chi connectivity index (χ1) is 11.8. The molecule has 2 N–H and O–H groups in total. The third-order valence-corrected chi connectivity index (χ3v) is 4.38. The first-order valence-electron chi connectivity index (χ1n) is 8.31. The van der Waals surface area contributed by atoms with E-state index in [1.165, 1.54) is 12.8 Å². The Labute approximate surface area is 142 Å². The Balaban J connectivity index is 1.67. The summed E-state index contributed by atoms with van der Waals surface area (Å²) in [5.74, 6) is 0.892. The number of hydrogen-bond donors (Lipinski definition) is 2. The van der Waals surface area contributed by atoms with Crippen LogP contribution in [0.2, 0.25) is 0 Å². The average molecular weight is 318 g/mol. The number of nitrogens with zero attached hydrogens (tertiary/aromatic N) is 4. The summed E-state index contributed by atoms with van der Waals surface area (Å²) in [5.41, 5.74) is 3.42. The van der Waals surface area contributed by atoms with Crippen molar-refractivity contribution in [1.29, 1.82) is 0 Å². The molecule has 1 saturated heterocycles. The Hall–Kier alpha value is -2.41. The van der Waals surface area contributed by atoms with Crippen molar-refractivity contribution in [2.24, 2.45) is 0 Å². The lowest BCUT2D eigenvalue weighted by Crippen LogP contribution is -2.28. The third kappa shape index (κ3) is 2.99. The standard InChI is InChI=1S/C17H19BN6/c18-13-11-22-24-16(21-10-12-4-3-6-19-9-12)8-15(23-17(13)24)14-5-1-2-7-20-14/h3-4,6,8-9,11,14,20-21H,1-2,5,7,10H2. The van der Waals surface area contributed by atoms with E-state index in [0.29, 0.717) is 17.7 Å². The molecule has 24 heavy (non-hydrogen) atoms. The third-order valence-electron chi connectivity index (χ3n) is 4.38. The van der Waals surface area contributed by atoms with Gasteiger partial charge in [0.05, 0.1) is 5.69 Å². The highest BCUT2D eigenvalue weighted by Crippen LogP contribution is 2.24. The van der Waals surface area contributed by atoms with Crippen molar-refractivity contribution < 1.29 is 0 Å². The predicted octanol–water partition coefficient (Wildman–Crippen LogP) is 1.34. The van der Waals surface area contributed by atoms with Crippen LogP contribution in [0.4, 0.5) is 5.82 Å². The van der Waals surface area contributed by atoms with Gasteiger partial charge in [-0.25, -0.2) is 4.98 Å². The van der Waals surface area contributed by atoms with Gasteiger partial charge in [-0.15, -0.1) is 0 Å². The van der Waals surface area contributed by atoms with Crippen LogP contribution in [0.5, 0.6) is 0 Å². The van der Waals surface area contributed by atoms with Gasteiger partial charge < -0.3 is 10.6 Å². The summed E-state index contributed by atoms with van der Waals surface area (Å²) in [6.45, 7) is 1.70. The van der Waals surface area contributed by atoms with Gasteiger partial charge in [-0.1, -0.05) is 12.5 Å². The molecule has 0 spiro atoms. The second-order valence-corrected chi connectivity index (χ2v) is 6.12. The van der Waals surface area contributed by atoms with E-state index < -0.39 is 0 Å². The van der Waals surface area contributed by atoms with Crippen LogP contribution in [0.3, 0.4) is 0 Å². The van der Waals surface area contributed by atoms with Crippen LogP contribution in [0.1, 0.15) is 36.6 Å². The highest BCUT2D eigenvalue weighted by atomic mass is 15.3. The van der Waals surface area contributed by atoms with E-state index in [-0.39, 0.29) is 6.04 Å². The van der Waals surface area contributed by atoms with Crippen LogP contribution in [0.25, 0.3) is 5.65 Å². The summed E-state index contributed by atoms with van der Waals surface area (Å²) >= 11 is 0. The maximum absolute atomic E-state index is 6.05. The maximum atomic E-state index is 6.05. The highest BCUT2D eigenvalue weighted by Gasteiger charge is 2.19. The summed E-state index contributed by atoms with van der Waals surface area (Å²) in [4.78, 5) is 8.88. The van der Waals surface area contributed by atoms with Crippen LogP contribution in [0, 0.1) is 0 Å². The number of aromatic nitrogens is 4. The molecule has 0 saturated carbocycles. The number of hydrogen-bond acceptors (Lipinski definition) is 5. The monoisotopic (exact) mass is 318 g/mol. The molecular formula is C17H19BN6. The summed E-state index contributed by atoms with van der Waals surface area (Å²) in [5, 5.41) is 11.3. The van der Waals surface area contributed by atoms with Gasteiger partial charge in [-0.2, -0.15) is 9.61 Å². The predicted molar refractivity (Wildman–Crippen MR) is 94.5 cm³/mol. The van der Waals surface area contributed by atoms with Crippen LogP contribution in [-0.2, 0) is 6.54 Å². The number of fused-ring (bicyclic) bond motifs is 1. The zero-order valence-electron chi connectivity index (χ0n) is 13.4. The Morgan fingerprint density at radius 2 is 2.29 bits per heavy atom. The Bertz CT molecular complexity index is 826. The summed E-state index contributed by atoms with van der Waals surface area (Å²) in [6.07, 6.45) is 8.81. The Kier molecular flexibility index (Phi) is 4.17. The van der Waals surface area contributed by atoms with Gasteiger partial charge in [-0.05, 0) is 36.5 Å². The van der Waals surface area contributed by atoms with E-state index in [2.05, 4.69) is 26.8 Å². The van der Waals surface area contributed by atoms with Crippen molar-refractivity contribution in [2.45, 2.75) is 31.8 Å². The summed E-state index contributed by atoms with van der Waals surface area (Å²) < 4.78 is 1.76. The number of piperidine rings is 1. The van der Waals surface area contributed by atoms with E-state index in [1.807, 2.05) is 18.3 Å². The average Bonchev–Trinajstić information content (AvgIpc) is 3.02. The summed E-state index contributed by atoms with van der Waals surface area (Å²) in [7, 11) is 6.05. The van der Waals surface area contributed by atoms with Crippen LogP contribution in [0.15, 0.2) is 36.8 Å². The maximum Gasteiger partial charge on any atom is 0.150 e. The molecule has 120 valence electrons. The molecule has 0 aromatic carbocycles. The molecule has 2 radical (unpaired) electrons. The smallest absolute Gasteiger partial charge is 0.150 e. The van der Waals surface area contributed by atoms with Gasteiger partial charge in [-0.3, -0.25) is 4.98 Å². The van der Waals surface area contributed by atoms with Crippen LogP contribution >= 0.6 is 0 Å². The Morgan fingerprint density at radius 1 is 1.33 bits per heavy atom. The molecule has 6 nitrogen and oxygen atoms in total. The minimum absolute atomic E-state index is 0.275. The van der Waals surface area contributed by atoms with Gasteiger partial charge >= 0.3 is 0 Å². The largest absolute Gasteiger partial charge is 0.366 e. The number of anilines is 1. The molecule has 1 atom stereocenters. The number of pyridine rings is 1. The van der Waals surface area contributed by atoms with Gasteiger partial charge in [0.2, 0.25) is 0 Å². The van der Waals surface area contributed by atoms with Gasteiger partial charge in [0.25, 0.3) is 0 Å². The minimum Gasteiger partial charge on any atom is -0.366 e. The van der Waals surface area contributed by atoms with Crippen molar-refractivity contribution in [3.05, 3.63) is 48.0 Å². The molecule has 4 heterocycles. The quantitative estimate of drug-likeness (QED) is 0.711. The second-order valence-electron chi connectivity index (χ2n) is 6.12. The van der Waals surface area contributed by atoms with Crippen molar-refractivity contribution in [1.82, 2.24) is 24.9 Å². The first kappa shape index (κ1) is 15.1. The van der Waals surface area contributed by atoms with E-state index in [0.717, 1.165) is 30.0 Å². The molecule has 1 aliphatic heterocycles. The topological polar surface area (TPSA) is 67.1 Å². The SMILES string of the molecule is [B]c1cnn2c(NCc3cccnc3)cc(C3CCCCN3)nc12. The molecule has 4 rings (SSSR count). The molecule has 1 aliphatic rings. The van der Waals surface area contributed by atoms with Crippen LogP contribution in [-0.4, -0.2) is 34.0 Å².